The van der Waals surface area contributed by atoms with Gasteiger partial charge in [0.2, 0.25) is 0 Å². The van der Waals surface area contributed by atoms with E-state index >= 15 is 0 Å². The largest absolute Gasteiger partial charge is 0.493 e. The summed E-state index contributed by atoms with van der Waals surface area (Å²) in [5.74, 6) is 1.15. The van der Waals surface area contributed by atoms with Gasteiger partial charge in [-0.25, -0.2) is 0 Å². The van der Waals surface area contributed by atoms with E-state index in [0.29, 0.717) is 17.1 Å². The summed E-state index contributed by atoms with van der Waals surface area (Å²) in [5, 5.41) is 16.7. The molecule has 0 saturated carbocycles. The van der Waals surface area contributed by atoms with Crippen LogP contribution in [-0.2, 0) is 13.2 Å². The third-order valence-electron chi connectivity index (χ3n) is 3.10. The van der Waals surface area contributed by atoms with E-state index in [-0.39, 0.29) is 19.0 Å². The summed E-state index contributed by atoms with van der Waals surface area (Å²) in [7, 11) is 1.55. The summed E-state index contributed by atoms with van der Waals surface area (Å²) >= 11 is 0. The second-order valence-corrected chi connectivity index (χ2v) is 4.50. The fourth-order valence-electron chi connectivity index (χ4n) is 1.99. The smallest absolute Gasteiger partial charge is 0.161 e. The molecule has 21 heavy (non-hydrogen) atoms. The number of aliphatic hydroxyl groups excluding tert-OH is 1. The highest BCUT2D eigenvalue weighted by Gasteiger charge is 2.09. The number of methoxy groups -OCH3 is 1. The molecule has 2 aromatic carbocycles. The first-order valence-electron chi connectivity index (χ1n) is 6.48. The van der Waals surface area contributed by atoms with Crippen molar-refractivity contribution in [2.75, 3.05) is 7.11 Å². The zero-order valence-corrected chi connectivity index (χ0v) is 11.8. The lowest BCUT2D eigenvalue weighted by Crippen LogP contribution is -2.14. The molecule has 0 saturated heterocycles. The second-order valence-electron chi connectivity index (χ2n) is 4.50. The van der Waals surface area contributed by atoms with Crippen LogP contribution in [0.2, 0.25) is 0 Å². The molecule has 0 radical (unpaired) electrons. The maximum atomic E-state index is 9.12. The van der Waals surface area contributed by atoms with Crippen LogP contribution < -0.4 is 15.2 Å². The predicted molar refractivity (Wildman–Crippen MR) is 80.7 cm³/mol. The standard InChI is InChI=1S/C16H18N2O3/c1-20-15-8-11(9-19)6-7-14(15)21-10-12-4-2-3-5-13(12)16(17)18/h2-8,19H,9-10H2,1H3,(H3,17,18). The number of nitrogens with two attached hydrogens (primary N) is 1. The molecule has 0 fully saturated rings. The summed E-state index contributed by atoms with van der Waals surface area (Å²) in [4.78, 5) is 0. The number of hydrogen-bond acceptors (Lipinski definition) is 4. The number of benzene rings is 2. The van der Waals surface area contributed by atoms with Gasteiger partial charge >= 0.3 is 0 Å². The van der Waals surface area contributed by atoms with Gasteiger partial charge in [0, 0.05) is 11.1 Å². The maximum absolute atomic E-state index is 9.12. The maximum Gasteiger partial charge on any atom is 0.161 e. The van der Waals surface area contributed by atoms with Crippen LogP contribution in [0, 0.1) is 5.41 Å². The van der Waals surface area contributed by atoms with Crippen LogP contribution in [0.4, 0.5) is 0 Å². The topological polar surface area (TPSA) is 88.6 Å². The highest BCUT2D eigenvalue weighted by molar-refractivity contribution is 5.96. The lowest BCUT2D eigenvalue weighted by Gasteiger charge is -2.13. The molecule has 2 aromatic rings. The molecule has 0 atom stereocenters. The SMILES string of the molecule is COc1cc(CO)ccc1OCc1ccccc1C(=N)N. The molecule has 0 unspecified atom stereocenters. The van der Waals surface area contributed by atoms with Crippen molar-refractivity contribution in [3.05, 3.63) is 59.2 Å². The molecule has 0 aliphatic heterocycles. The Hall–Kier alpha value is -2.53. The van der Waals surface area contributed by atoms with Crippen LogP contribution in [0.15, 0.2) is 42.5 Å². The molecule has 0 spiro atoms. The highest BCUT2D eigenvalue weighted by Crippen LogP contribution is 2.29. The summed E-state index contributed by atoms with van der Waals surface area (Å²) in [6.45, 7) is 0.231. The average Bonchev–Trinajstić information content (AvgIpc) is 2.52. The third kappa shape index (κ3) is 3.52. The zero-order chi connectivity index (χ0) is 15.2. The van der Waals surface area contributed by atoms with Crippen molar-refractivity contribution in [3.8, 4) is 11.5 Å². The van der Waals surface area contributed by atoms with Gasteiger partial charge in [-0.15, -0.1) is 0 Å². The molecule has 4 N–H and O–H groups in total. The van der Waals surface area contributed by atoms with Crippen molar-refractivity contribution in [3.63, 3.8) is 0 Å². The van der Waals surface area contributed by atoms with Crippen molar-refractivity contribution in [1.29, 1.82) is 5.41 Å². The number of ether oxygens (including phenoxy) is 2. The minimum atomic E-state index is -0.0518. The van der Waals surface area contributed by atoms with E-state index < -0.39 is 0 Å². The average molecular weight is 286 g/mol. The van der Waals surface area contributed by atoms with Gasteiger partial charge in [-0.3, -0.25) is 5.41 Å². The minimum Gasteiger partial charge on any atom is -0.493 e. The minimum absolute atomic E-state index is 0.0109. The van der Waals surface area contributed by atoms with E-state index in [1.54, 1.807) is 31.4 Å². The molecule has 5 nitrogen and oxygen atoms in total. The molecule has 0 aromatic heterocycles. The van der Waals surface area contributed by atoms with Gasteiger partial charge in [-0.2, -0.15) is 0 Å². The fraction of sp³-hybridized carbons (Fsp3) is 0.188. The van der Waals surface area contributed by atoms with Crippen molar-refractivity contribution >= 4 is 5.84 Å². The van der Waals surface area contributed by atoms with Crippen LogP contribution in [0.25, 0.3) is 0 Å². The lowest BCUT2D eigenvalue weighted by atomic mass is 10.1. The molecule has 0 bridgehead atoms. The molecule has 0 aliphatic rings. The van der Waals surface area contributed by atoms with Crippen molar-refractivity contribution in [1.82, 2.24) is 0 Å². The van der Waals surface area contributed by atoms with Gasteiger partial charge in [0.15, 0.2) is 11.5 Å². The highest BCUT2D eigenvalue weighted by atomic mass is 16.5. The summed E-state index contributed by atoms with van der Waals surface area (Å²) < 4.78 is 11.0. The van der Waals surface area contributed by atoms with Gasteiger partial charge < -0.3 is 20.3 Å². The number of nitrogen functional groups attached to an aromatic ring is 1. The fourth-order valence-corrected chi connectivity index (χ4v) is 1.99. The Morgan fingerprint density at radius 1 is 1.19 bits per heavy atom. The van der Waals surface area contributed by atoms with E-state index in [1.165, 1.54) is 0 Å². The van der Waals surface area contributed by atoms with Gasteiger partial charge in [-0.05, 0) is 17.7 Å². The Balaban J connectivity index is 2.19. The van der Waals surface area contributed by atoms with E-state index in [1.807, 2.05) is 18.2 Å². The van der Waals surface area contributed by atoms with Crippen LogP contribution in [0.3, 0.4) is 0 Å². The number of amidine groups is 1. The molecule has 5 heteroatoms. The first-order valence-corrected chi connectivity index (χ1v) is 6.48. The summed E-state index contributed by atoms with van der Waals surface area (Å²) in [6.07, 6.45) is 0. The molecule has 110 valence electrons. The third-order valence-corrected chi connectivity index (χ3v) is 3.10. The molecule has 2 rings (SSSR count). The van der Waals surface area contributed by atoms with E-state index in [0.717, 1.165) is 11.1 Å². The van der Waals surface area contributed by atoms with E-state index in [4.69, 9.17) is 25.7 Å². The van der Waals surface area contributed by atoms with Gasteiger partial charge in [-0.1, -0.05) is 30.3 Å². The number of rotatable bonds is 6. The van der Waals surface area contributed by atoms with Gasteiger partial charge in [0.1, 0.15) is 12.4 Å². The van der Waals surface area contributed by atoms with Crippen LogP contribution >= 0.6 is 0 Å². The molecular formula is C16H18N2O3. The van der Waals surface area contributed by atoms with Crippen molar-refractivity contribution in [2.24, 2.45) is 5.73 Å². The monoisotopic (exact) mass is 286 g/mol. The van der Waals surface area contributed by atoms with Crippen LogP contribution in [0.5, 0.6) is 11.5 Å². The number of aliphatic hydroxyl groups is 1. The van der Waals surface area contributed by atoms with Crippen molar-refractivity contribution in [2.45, 2.75) is 13.2 Å². The normalized spacial score (nSPS) is 10.2. The predicted octanol–water partition coefficient (Wildman–Crippen LogP) is 2.05. The Morgan fingerprint density at radius 2 is 1.95 bits per heavy atom. The Bertz CT molecular complexity index is 641. The molecule has 0 heterocycles. The molecular weight excluding hydrogens is 268 g/mol. The summed E-state index contributed by atoms with van der Waals surface area (Å²) in [5.41, 5.74) is 7.79. The lowest BCUT2D eigenvalue weighted by molar-refractivity contribution is 0.274. The van der Waals surface area contributed by atoms with Crippen LogP contribution in [0.1, 0.15) is 16.7 Å². The quantitative estimate of drug-likeness (QED) is 0.560. The first kappa shape index (κ1) is 14.9. The van der Waals surface area contributed by atoms with Gasteiger partial charge in [0.05, 0.1) is 13.7 Å². The second kappa shape index (κ2) is 6.76. The van der Waals surface area contributed by atoms with E-state index in [9.17, 15) is 0 Å². The van der Waals surface area contributed by atoms with Gasteiger partial charge in [0.25, 0.3) is 0 Å². The van der Waals surface area contributed by atoms with E-state index in [2.05, 4.69) is 0 Å². The van der Waals surface area contributed by atoms with Crippen LogP contribution in [-0.4, -0.2) is 18.1 Å². The Morgan fingerprint density at radius 3 is 2.62 bits per heavy atom. The number of nitrogens with one attached hydrogen (secondary N) is 1. The summed E-state index contributed by atoms with van der Waals surface area (Å²) in [6, 6.07) is 12.6. The number of hydrogen-bond donors (Lipinski definition) is 3. The first-order chi connectivity index (χ1) is 10.2. The zero-order valence-electron chi connectivity index (χ0n) is 11.8. The Labute approximate surface area is 123 Å². The molecule has 0 aliphatic carbocycles. The molecule has 0 amide bonds. The Kier molecular flexibility index (Phi) is 4.79. The van der Waals surface area contributed by atoms with Crippen molar-refractivity contribution < 1.29 is 14.6 Å².